The van der Waals surface area contributed by atoms with Crippen molar-refractivity contribution in [2.75, 3.05) is 0 Å². The molecular formula is C11H22. The first-order valence-corrected chi connectivity index (χ1v) is 5.02. The van der Waals surface area contributed by atoms with Crippen LogP contribution in [0.15, 0.2) is 0 Å². The highest BCUT2D eigenvalue weighted by Crippen LogP contribution is 2.59. The van der Waals surface area contributed by atoms with E-state index in [0.717, 1.165) is 17.8 Å². The second-order valence-corrected chi connectivity index (χ2v) is 4.79. The van der Waals surface area contributed by atoms with Crippen LogP contribution in [0.1, 0.15) is 47.5 Å². The maximum Gasteiger partial charge on any atom is -0.0269 e. The summed E-state index contributed by atoms with van der Waals surface area (Å²) >= 11 is 0. The molecule has 1 saturated carbocycles. The van der Waals surface area contributed by atoms with Gasteiger partial charge in [0.25, 0.3) is 0 Å². The summed E-state index contributed by atoms with van der Waals surface area (Å²) in [4.78, 5) is 0. The quantitative estimate of drug-likeness (QED) is 0.581. The van der Waals surface area contributed by atoms with Crippen molar-refractivity contribution in [2.45, 2.75) is 47.5 Å². The monoisotopic (exact) mass is 154 g/mol. The van der Waals surface area contributed by atoms with Crippen LogP contribution in [0, 0.1) is 23.2 Å². The van der Waals surface area contributed by atoms with Gasteiger partial charge in [-0.1, -0.05) is 41.0 Å². The predicted octanol–water partition coefficient (Wildman–Crippen LogP) is 3.71. The molecule has 0 aromatic carbocycles. The van der Waals surface area contributed by atoms with Gasteiger partial charge >= 0.3 is 0 Å². The Morgan fingerprint density at radius 3 is 2.18 bits per heavy atom. The Labute approximate surface area is 71.4 Å². The summed E-state index contributed by atoms with van der Waals surface area (Å²) in [6.07, 6.45) is 2.79. The van der Waals surface area contributed by atoms with E-state index in [2.05, 4.69) is 34.6 Å². The lowest BCUT2D eigenvalue weighted by molar-refractivity contribution is 0.237. The van der Waals surface area contributed by atoms with Gasteiger partial charge < -0.3 is 0 Å². The molecule has 11 heavy (non-hydrogen) atoms. The Hall–Kier alpha value is 0. The molecule has 0 aliphatic heterocycles. The molecule has 1 fully saturated rings. The number of hydrogen-bond donors (Lipinski definition) is 0. The highest BCUT2D eigenvalue weighted by molar-refractivity contribution is 5.00. The molecule has 1 aliphatic carbocycles. The Morgan fingerprint density at radius 2 is 1.91 bits per heavy atom. The zero-order chi connectivity index (χ0) is 8.65. The molecule has 0 aromatic heterocycles. The summed E-state index contributed by atoms with van der Waals surface area (Å²) in [5, 5.41) is 0. The van der Waals surface area contributed by atoms with Gasteiger partial charge in [-0.3, -0.25) is 0 Å². The van der Waals surface area contributed by atoms with Gasteiger partial charge in [0.05, 0.1) is 0 Å². The van der Waals surface area contributed by atoms with E-state index in [9.17, 15) is 0 Å². The topological polar surface area (TPSA) is 0 Å². The second kappa shape index (κ2) is 2.80. The molecule has 4 unspecified atom stereocenters. The van der Waals surface area contributed by atoms with Crippen LogP contribution in [-0.4, -0.2) is 0 Å². The second-order valence-electron chi connectivity index (χ2n) is 4.79. The highest BCUT2D eigenvalue weighted by atomic mass is 14.6. The molecule has 1 aliphatic rings. The molecule has 0 radical (unpaired) electrons. The lowest BCUT2D eigenvalue weighted by Gasteiger charge is -2.25. The van der Waals surface area contributed by atoms with E-state index < -0.39 is 0 Å². The van der Waals surface area contributed by atoms with Gasteiger partial charge in [0, 0.05) is 0 Å². The smallest absolute Gasteiger partial charge is 0.0269 e. The van der Waals surface area contributed by atoms with Crippen molar-refractivity contribution in [3.63, 3.8) is 0 Å². The van der Waals surface area contributed by atoms with Crippen molar-refractivity contribution < 1.29 is 0 Å². The Bertz CT molecular complexity index is 139. The molecule has 4 atom stereocenters. The maximum atomic E-state index is 2.45. The Morgan fingerprint density at radius 1 is 1.45 bits per heavy atom. The van der Waals surface area contributed by atoms with Crippen LogP contribution >= 0.6 is 0 Å². The average Bonchev–Trinajstić information content (AvgIpc) is 2.58. The summed E-state index contributed by atoms with van der Waals surface area (Å²) in [6.45, 7) is 12.0. The lowest BCUT2D eigenvalue weighted by Crippen LogP contribution is -2.18. The van der Waals surface area contributed by atoms with Crippen LogP contribution < -0.4 is 0 Å². The van der Waals surface area contributed by atoms with E-state index >= 15 is 0 Å². The zero-order valence-electron chi connectivity index (χ0n) is 8.65. The highest BCUT2D eigenvalue weighted by Gasteiger charge is 2.51. The van der Waals surface area contributed by atoms with Crippen LogP contribution in [0.4, 0.5) is 0 Å². The van der Waals surface area contributed by atoms with Crippen molar-refractivity contribution >= 4 is 0 Å². The molecule has 0 heteroatoms. The van der Waals surface area contributed by atoms with Gasteiger partial charge in [-0.15, -0.1) is 0 Å². The third-order valence-corrected chi connectivity index (χ3v) is 4.25. The van der Waals surface area contributed by atoms with Crippen molar-refractivity contribution in [3.05, 3.63) is 0 Å². The normalized spacial score (nSPS) is 41.7. The summed E-state index contributed by atoms with van der Waals surface area (Å²) < 4.78 is 0. The van der Waals surface area contributed by atoms with Crippen LogP contribution in [0.3, 0.4) is 0 Å². The van der Waals surface area contributed by atoms with Crippen molar-refractivity contribution in [2.24, 2.45) is 23.2 Å². The van der Waals surface area contributed by atoms with Gasteiger partial charge in [0.2, 0.25) is 0 Å². The maximum absolute atomic E-state index is 2.45. The van der Waals surface area contributed by atoms with E-state index in [4.69, 9.17) is 0 Å². The minimum Gasteiger partial charge on any atom is -0.0651 e. The summed E-state index contributed by atoms with van der Waals surface area (Å²) in [7, 11) is 0. The van der Waals surface area contributed by atoms with E-state index in [1.54, 1.807) is 0 Å². The van der Waals surface area contributed by atoms with Gasteiger partial charge in [-0.25, -0.2) is 0 Å². The third-order valence-electron chi connectivity index (χ3n) is 4.25. The number of rotatable bonds is 3. The van der Waals surface area contributed by atoms with Crippen molar-refractivity contribution in [1.29, 1.82) is 0 Å². The van der Waals surface area contributed by atoms with Gasteiger partial charge in [0.15, 0.2) is 0 Å². The molecule has 0 spiro atoms. The SMILES string of the molecule is CCC(C)C(C)C1(C)CC1C. The fourth-order valence-electron chi connectivity index (χ4n) is 2.24. The van der Waals surface area contributed by atoms with Crippen molar-refractivity contribution in [1.82, 2.24) is 0 Å². The first kappa shape index (κ1) is 9.09. The van der Waals surface area contributed by atoms with E-state index in [-0.39, 0.29) is 0 Å². The standard InChI is InChI=1S/C11H22/c1-6-8(2)10(4)11(5)7-9(11)3/h8-10H,6-7H2,1-5H3. The summed E-state index contributed by atoms with van der Waals surface area (Å²) in [6, 6.07) is 0. The molecule has 0 bridgehead atoms. The summed E-state index contributed by atoms with van der Waals surface area (Å²) in [5.41, 5.74) is 0.690. The lowest BCUT2D eigenvalue weighted by atomic mass is 9.80. The fourth-order valence-corrected chi connectivity index (χ4v) is 2.24. The summed E-state index contributed by atoms with van der Waals surface area (Å²) in [5.74, 6) is 2.80. The van der Waals surface area contributed by atoms with Crippen LogP contribution in [0.2, 0.25) is 0 Å². The van der Waals surface area contributed by atoms with Gasteiger partial charge in [-0.05, 0) is 29.6 Å². The minimum absolute atomic E-state index is 0.690. The van der Waals surface area contributed by atoms with Crippen LogP contribution in [0.25, 0.3) is 0 Å². The van der Waals surface area contributed by atoms with E-state index in [0.29, 0.717) is 5.41 Å². The zero-order valence-corrected chi connectivity index (χ0v) is 8.65. The third kappa shape index (κ3) is 1.45. The molecule has 0 aromatic rings. The van der Waals surface area contributed by atoms with Crippen LogP contribution in [0.5, 0.6) is 0 Å². The Kier molecular flexibility index (Phi) is 2.32. The molecule has 0 heterocycles. The minimum atomic E-state index is 0.690. The largest absolute Gasteiger partial charge is 0.0651 e. The number of hydrogen-bond acceptors (Lipinski definition) is 0. The molecular weight excluding hydrogens is 132 g/mol. The fraction of sp³-hybridized carbons (Fsp3) is 1.00. The molecule has 0 saturated heterocycles. The first-order valence-electron chi connectivity index (χ1n) is 5.02. The molecule has 0 nitrogen and oxygen atoms in total. The van der Waals surface area contributed by atoms with Crippen LogP contribution in [-0.2, 0) is 0 Å². The average molecular weight is 154 g/mol. The molecule has 0 N–H and O–H groups in total. The van der Waals surface area contributed by atoms with Gasteiger partial charge in [0.1, 0.15) is 0 Å². The van der Waals surface area contributed by atoms with E-state index in [1.807, 2.05) is 0 Å². The Balaban J connectivity index is 2.48. The first-order chi connectivity index (χ1) is 5.02. The van der Waals surface area contributed by atoms with Gasteiger partial charge in [-0.2, -0.15) is 0 Å². The molecule has 66 valence electrons. The predicted molar refractivity (Wildman–Crippen MR) is 50.5 cm³/mol. The molecule has 0 amide bonds. The van der Waals surface area contributed by atoms with Crippen molar-refractivity contribution in [3.8, 4) is 0 Å². The van der Waals surface area contributed by atoms with E-state index in [1.165, 1.54) is 12.8 Å². The molecule has 1 rings (SSSR count).